The fraction of sp³-hybridized carbons (Fsp3) is 0.667. The fourth-order valence-electron chi connectivity index (χ4n) is 6.15. The van der Waals surface area contributed by atoms with Crippen LogP contribution in [-0.2, 0) is 22.2 Å². The summed E-state index contributed by atoms with van der Waals surface area (Å²) in [4.78, 5) is 14.7. The van der Waals surface area contributed by atoms with Crippen LogP contribution in [0.15, 0.2) is 29.2 Å². The molecule has 0 amide bonds. The predicted octanol–water partition coefficient (Wildman–Crippen LogP) is 5.59. The molecule has 0 spiro atoms. The number of allylic oxidation sites excluding steroid dienone is 1. The molecule has 178 valence electrons. The third-order valence-corrected chi connectivity index (χ3v) is 8.21. The van der Waals surface area contributed by atoms with E-state index in [9.17, 15) is 9.00 Å². The minimum absolute atomic E-state index is 0.139. The van der Waals surface area contributed by atoms with Crippen molar-refractivity contribution in [2.45, 2.75) is 84.1 Å². The molecular weight excluding hydrogens is 416 g/mol. The van der Waals surface area contributed by atoms with Gasteiger partial charge in [0.1, 0.15) is 11.0 Å². The highest BCUT2D eigenvalue weighted by Gasteiger charge is 2.43. The second kappa shape index (κ2) is 9.42. The third-order valence-electron chi connectivity index (χ3n) is 6.89. The molecule has 1 N–H and O–H groups in total. The van der Waals surface area contributed by atoms with Gasteiger partial charge in [-0.1, -0.05) is 33.8 Å². The first-order valence-electron chi connectivity index (χ1n) is 12.1. The molecule has 1 aromatic rings. The van der Waals surface area contributed by atoms with Gasteiger partial charge in [0, 0.05) is 28.3 Å². The van der Waals surface area contributed by atoms with Gasteiger partial charge in [-0.25, -0.2) is 8.51 Å². The van der Waals surface area contributed by atoms with E-state index in [0.29, 0.717) is 17.8 Å². The predicted molar refractivity (Wildman–Crippen MR) is 135 cm³/mol. The minimum Gasteiger partial charge on any atom is -0.379 e. The van der Waals surface area contributed by atoms with E-state index >= 15 is 0 Å². The first-order chi connectivity index (χ1) is 14.8. The van der Waals surface area contributed by atoms with Gasteiger partial charge < -0.3 is 5.32 Å². The van der Waals surface area contributed by atoms with Gasteiger partial charge in [-0.15, -0.1) is 0 Å². The van der Waals surface area contributed by atoms with Crippen molar-refractivity contribution < 1.29 is 9.00 Å². The van der Waals surface area contributed by atoms with Crippen LogP contribution in [0, 0.1) is 23.2 Å². The molecule has 0 aromatic heterocycles. The molecule has 32 heavy (non-hydrogen) atoms. The molecule has 0 bridgehead atoms. The van der Waals surface area contributed by atoms with E-state index < -0.39 is 11.0 Å². The van der Waals surface area contributed by atoms with Gasteiger partial charge in [-0.3, -0.25) is 4.79 Å². The van der Waals surface area contributed by atoms with Gasteiger partial charge >= 0.3 is 0 Å². The second-order valence-electron chi connectivity index (χ2n) is 11.7. The Morgan fingerprint density at radius 3 is 2.41 bits per heavy atom. The summed E-state index contributed by atoms with van der Waals surface area (Å²) in [5.74, 6) is 1.87. The maximum atomic E-state index is 14.0. The average molecular weight is 459 g/mol. The molecule has 1 aliphatic heterocycles. The Bertz CT molecular complexity index is 901. The number of hydrogen-bond donors (Lipinski definition) is 1. The molecule has 1 aliphatic carbocycles. The molecule has 0 saturated heterocycles. The highest BCUT2D eigenvalue weighted by Crippen LogP contribution is 2.47. The van der Waals surface area contributed by atoms with Crippen LogP contribution >= 0.6 is 0 Å². The fourth-order valence-corrected chi connectivity index (χ4v) is 6.98. The highest BCUT2D eigenvalue weighted by molar-refractivity contribution is 7.82. The summed E-state index contributed by atoms with van der Waals surface area (Å²) in [6, 6.07) is 6.05. The summed E-state index contributed by atoms with van der Waals surface area (Å²) in [5.41, 5.74) is 2.68. The van der Waals surface area contributed by atoms with Crippen molar-refractivity contribution >= 4 is 22.5 Å². The topological polar surface area (TPSA) is 49.4 Å². The molecule has 3 rings (SSSR count). The van der Waals surface area contributed by atoms with Gasteiger partial charge in [0.2, 0.25) is 0 Å². The zero-order valence-corrected chi connectivity index (χ0v) is 22.1. The van der Waals surface area contributed by atoms with Crippen molar-refractivity contribution in [2.75, 3.05) is 14.1 Å². The highest BCUT2D eigenvalue weighted by atomic mass is 32.2. The van der Waals surface area contributed by atoms with Gasteiger partial charge in [-0.2, -0.15) is 0 Å². The van der Waals surface area contributed by atoms with E-state index in [1.165, 1.54) is 12.0 Å². The summed E-state index contributed by atoms with van der Waals surface area (Å²) >= 11 is 0. The van der Waals surface area contributed by atoms with E-state index in [1.807, 2.05) is 32.3 Å². The van der Waals surface area contributed by atoms with E-state index in [0.717, 1.165) is 41.8 Å². The Morgan fingerprint density at radius 2 is 1.84 bits per heavy atom. The van der Waals surface area contributed by atoms with Crippen LogP contribution < -0.4 is 5.32 Å². The van der Waals surface area contributed by atoms with Gasteiger partial charge in [0.05, 0.1) is 4.90 Å². The molecule has 0 radical (unpaired) electrons. The molecule has 4 nitrogen and oxygen atoms in total. The number of benzene rings is 1. The smallest absolute Gasteiger partial charge is 0.163 e. The van der Waals surface area contributed by atoms with Gasteiger partial charge in [-0.05, 0) is 95.5 Å². The molecule has 3 unspecified atom stereocenters. The average Bonchev–Trinajstić information content (AvgIpc) is 2.64. The Hall–Kier alpha value is -1.46. The van der Waals surface area contributed by atoms with Crippen molar-refractivity contribution in [3.8, 4) is 0 Å². The summed E-state index contributed by atoms with van der Waals surface area (Å²) in [7, 11) is 2.42. The lowest BCUT2D eigenvalue weighted by molar-refractivity contribution is -0.128. The third kappa shape index (κ3) is 5.53. The lowest BCUT2D eigenvalue weighted by atomic mass is 9.61. The van der Waals surface area contributed by atoms with E-state index in [1.54, 1.807) is 4.31 Å². The molecule has 3 atom stereocenters. The van der Waals surface area contributed by atoms with Gasteiger partial charge in [0.15, 0.2) is 5.78 Å². The maximum absolute atomic E-state index is 14.0. The SMILES string of the molecule is CC(C)CC1(C(=O)/C=C2\NC(C)(C)Cc3ccc(S(=O)N(C)C)cc32)CC(C)CC(C)C1. The normalized spacial score (nSPS) is 29.6. The Kier molecular flexibility index (Phi) is 7.41. The van der Waals surface area contributed by atoms with Crippen LogP contribution in [0.3, 0.4) is 0 Å². The summed E-state index contributed by atoms with van der Waals surface area (Å²) < 4.78 is 14.4. The number of nitrogens with one attached hydrogen (secondary N) is 1. The quantitative estimate of drug-likeness (QED) is 0.565. The monoisotopic (exact) mass is 458 g/mol. The van der Waals surface area contributed by atoms with Crippen LogP contribution in [0.1, 0.15) is 78.4 Å². The van der Waals surface area contributed by atoms with E-state index in [2.05, 4.69) is 52.9 Å². The number of nitrogens with zero attached hydrogens (tertiary/aromatic N) is 1. The second-order valence-corrected chi connectivity index (χ2v) is 13.4. The van der Waals surface area contributed by atoms with E-state index in [4.69, 9.17) is 0 Å². The first kappa shape index (κ1) is 25.2. The summed E-state index contributed by atoms with van der Waals surface area (Å²) in [6.45, 7) is 13.4. The van der Waals surface area contributed by atoms with Crippen molar-refractivity contribution in [1.29, 1.82) is 0 Å². The van der Waals surface area contributed by atoms with Crippen LogP contribution in [-0.4, -0.2) is 33.9 Å². The molecule has 5 heteroatoms. The Balaban J connectivity index is 2.06. The van der Waals surface area contributed by atoms with Crippen LogP contribution in [0.4, 0.5) is 0 Å². The molecule has 1 heterocycles. The number of ketones is 1. The van der Waals surface area contributed by atoms with E-state index in [-0.39, 0.29) is 16.7 Å². The molecular formula is C27H42N2O2S. The summed E-state index contributed by atoms with van der Waals surface area (Å²) in [6.07, 6.45) is 6.84. The largest absolute Gasteiger partial charge is 0.379 e. The van der Waals surface area contributed by atoms with Crippen LogP contribution in [0.25, 0.3) is 5.70 Å². The molecule has 1 fully saturated rings. The molecule has 2 aliphatic rings. The lowest BCUT2D eigenvalue weighted by Gasteiger charge is -2.43. The number of fused-ring (bicyclic) bond motifs is 1. The van der Waals surface area contributed by atoms with Crippen molar-refractivity contribution in [3.05, 3.63) is 35.4 Å². The van der Waals surface area contributed by atoms with Crippen molar-refractivity contribution in [2.24, 2.45) is 23.2 Å². The minimum atomic E-state index is -1.22. The number of carbonyl (C=O) groups is 1. The maximum Gasteiger partial charge on any atom is 0.163 e. The van der Waals surface area contributed by atoms with Crippen molar-refractivity contribution in [1.82, 2.24) is 9.62 Å². The Labute approximate surface area is 197 Å². The van der Waals surface area contributed by atoms with Crippen molar-refractivity contribution in [3.63, 3.8) is 0 Å². The number of carbonyl (C=O) groups excluding carboxylic acids is 1. The zero-order chi connectivity index (χ0) is 23.8. The van der Waals surface area contributed by atoms with Crippen LogP contribution in [0.5, 0.6) is 0 Å². The summed E-state index contributed by atoms with van der Waals surface area (Å²) in [5, 5.41) is 3.63. The number of hydrogen-bond acceptors (Lipinski definition) is 3. The Morgan fingerprint density at radius 1 is 1.22 bits per heavy atom. The zero-order valence-electron chi connectivity index (χ0n) is 21.2. The first-order valence-corrected chi connectivity index (χ1v) is 13.2. The van der Waals surface area contributed by atoms with Crippen LogP contribution in [0.2, 0.25) is 0 Å². The number of rotatable bonds is 6. The molecule has 1 saturated carbocycles. The molecule has 1 aromatic carbocycles. The standard InChI is InChI=1S/C27H42N2O2S/c1-18(2)14-27(15-19(3)11-20(4)16-27)25(30)13-24-23-12-22(32(31)29(7)8)10-9-21(23)17-26(5,6)28-24/h9-10,12-13,18-20,28H,11,14-17H2,1-8H3/b24-13-. The van der Waals surface area contributed by atoms with Gasteiger partial charge in [0.25, 0.3) is 0 Å². The lowest BCUT2D eigenvalue weighted by Crippen LogP contribution is -2.45.